The van der Waals surface area contributed by atoms with Gasteiger partial charge in [-0.15, -0.1) is 0 Å². The molecule has 16 heavy (non-hydrogen) atoms. The van der Waals surface area contributed by atoms with E-state index in [1.165, 1.54) is 5.56 Å². The molecule has 2 rings (SSSR count). The van der Waals surface area contributed by atoms with Gasteiger partial charge in [0.2, 0.25) is 5.91 Å². The van der Waals surface area contributed by atoms with Gasteiger partial charge in [-0.1, -0.05) is 59.4 Å². The lowest BCUT2D eigenvalue weighted by Gasteiger charge is -2.15. The van der Waals surface area contributed by atoms with Crippen molar-refractivity contribution in [2.75, 3.05) is 0 Å². The lowest BCUT2D eigenvalue weighted by Crippen LogP contribution is -2.29. The highest BCUT2D eigenvalue weighted by molar-refractivity contribution is 5.80. The van der Waals surface area contributed by atoms with Crippen LogP contribution in [0.4, 0.5) is 0 Å². The van der Waals surface area contributed by atoms with E-state index in [9.17, 15) is 4.79 Å². The molecule has 0 saturated heterocycles. The highest BCUT2D eigenvalue weighted by Gasteiger charge is 2.12. The molecule has 1 aromatic rings. The first-order valence-corrected chi connectivity index (χ1v) is 5.70. The van der Waals surface area contributed by atoms with Crippen LogP contribution in [0.2, 0.25) is 0 Å². The highest BCUT2D eigenvalue weighted by atomic mass is 16.1. The number of rotatable bonds is 0. The molecular weight excluding hydrogens is 198 g/mol. The maximum Gasteiger partial charge on any atom is 0.224 e. The Kier molecular flexibility index (Phi) is 10.9. The zero-order valence-corrected chi connectivity index (χ0v) is 10.1. The maximum absolute atomic E-state index is 10.9. The highest BCUT2D eigenvalue weighted by Crippen LogP contribution is 2.12. The molecule has 1 amide bonds. The SMILES string of the molecule is C.CC.CC.O=C1Cc2ccccc2CN1. The first-order valence-electron chi connectivity index (χ1n) is 5.70. The summed E-state index contributed by atoms with van der Waals surface area (Å²) in [5, 5.41) is 2.80. The summed E-state index contributed by atoms with van der Waals surface area (Å²) in [4.78, 5) is 10.9. The standard InChI is InChI=1S/C9H9NO.2C2H6.CH4/c11-9-5-7-3-1-2-4-8(7)6-10-9;2*1-2;/h1-4H,5-6H2,(H,10,11);2*1-2H3;1H4. The Morgan fingerprint density at radius 1 is 1.00 bits per heavy atom. The average molecular weight is 223 g/mol. The summed E-state index contributed by atoms with van der Waals surface area (Å²) in [6.45, 7) is 8.69. The molecule has 2 heteroatoms. The van der Waals surface area contributed by atoms with Gasteiger partial charge < -0.3 is 5.32 Å². The first kappa shape index (κ1) is 17.1. The lowest BCUT2D eigenvalue weighted by molar-refractivity contribution is -0.121. The van der Waals surface area contributed by atoms with Crippen LogP contribution in [-0.2, 0) is 17.8 Å². The fraction of sp³-hybridized carbons (Fsp3) is 0.500. The molecule has 0 bridgehead atoms. The van der Waals surface area contributed by atoms with Crippen molar-refractivity contribution in [3.05, 3.63) is 35.4 Å². The van der Waals surface area contributed by atoms with E-state index in [0.29, 0.717) is 13.0 Å². The molecule has 1 heterocycles. The number of amides is 1. The van der Waals surface area contributed by atoms with E-state index in [2.05, 4.69) is 11.4 Å². The van der Waals surface area contributed by atoms with Crippen LogP contribution in [-0.4, -0.2) is 5.91 Å². The van der Waals surface area contributed by atoms with Gasteiger partial charge in [0.05, 0.1) is 6.42 Å². The quantitative estimate of drug-likeness (QED) is 0.716. The number of hydrogen-bond acceptors (Lipinski definition) is 1. The van der Waals surface area contributed by atoms with E-state index in [0.717, 1.165) is 5.56 Å². The summed E-state index contributed by atoms with van der Waals surface area (Å²) in [5.74, 6) is 0.128. The average Bonchev–Trinajstić information content (AvgIpc) is 2.34. The molecular formula is C14H25NO. The smallest absolute Gasteiger partial charge is 0.224 e. The van der Waals surface area contributed by atoms with Crippen LogP contribution >= 0.6 is 0 Å². The minimum atomic E-state index is 0. The van der Waals surface area contributed by atoms with Crippen molar-refractivity contribution in [2.24, 2.45) is 0 Å². The number of carbonyl (C=O) groups is 1. The third-order valence-corrected chi connectivity index (χ3v) is 1.95. The van der Waals surface area contributed by atoms with Crippen molar-refractivity contribution >= 4 is 5.91 Å². The van der Waals surface area contributed by atoms with Crippen LogP contribution in [0.15, 0.2) is 24.3 Å². The molecule has 0 unspecified atom stereocenters. The van der Waals surface area contributed by atoms with Crippen molar-refractivity contribution in [3.63, 3.8) is 0 Å². The molecule has 0 aromatic heterocycles. The Hall–Kier alpha value is -1.31. The summed E-state index contributed by atoms with van der Waals surface area (Å²) in [6.07, 6.45) is 0.538. The van der Waals surface area contributed by atoms with Crippen molar-refractivity contribution in [1.29, 1.82) is 0 Å². The Balaban J connectivity index is 0. The van der Waals surface area contributed by atoms with E-state index in [-0.39, 0.29) is 13.3 Å². The van der Waals surface area contributed by atoms with Gasteiger partial charge in [0.25, 0.3) is 0 Å². The van der Waals surface area contributed by atoms with Crippen LogP contribution in [0.3, 0.4) is 0 Å². The fourth-order valence-electron chi connectivity index (χ4n) is 1.33. The monoisotopic (exact) mass is 223 g/mol. The summed E-state index contributed by atoms with van der Waals surface area (Å²) in [6, 6.07) is 8.02. The summed E-state index contributed by atoms with van der Waals surface area (Å²) in [7, 11) is 0. The molecule has 1 aromatic carbocycles. The molecule has 0 atom stereocenters. The van der Waals surface area contributed by atoms with Crippen molar-refractivity contribution < 1.29 is 4.79 Å². The van der Waals surface area contributed by atoms with Crippen LogP contribution < -0.4 is 5.32 Å². The Morgan fingerprint density at radius 2 is 1.50 bits per heavy atom. The van der Waals surface area contributed by atoms with E-state index in [1.54, 1.807) is 0 Å². The first-order chi connectivity index (χ1) is 7.36. The number of fused-ring (bicyclic) bond motifs is 1. The third kappa shape index (κ3) is 4.96. The molecule has 92 valence electrons. The largest absolute Gasteiger partial charge is 0.352 e. The molecule has 0 saturated carbocycles. The minimum absolute atomic E-state index is 0. The molecule has 0 aliphatic carbocycles. The van der Waals surface area contributed by atoms with E-state index in [4.69, 9.17) is 0 Å². The minimum Gasteiger partial charge on any atom is -0.352 e. The summed E-state index contributed by atoms with van der Waals surface area (Å²) >= 11 is 0. The Morgan fingerprint density at radius 3 is 2.06 bits per heavy atom. The topological polar surface area (TPSA) is 29.1 Å². The van der Waals surface area contributed by atoms with Crippen molar-refractivity contribution in [2.45, 2.75) is 48.1 Å². The van der Waals surface area contributed by atoms with Crippen LogP contribution in [0.5, 0.6) is 0 Å². The van der Waals surface area contributed by atoms with Crippen LogP contribution in [0, 0.1) is 0 Å². The second-order valence-electron chi connectivity index (χ2n) is 2.72. The maximum atomic E-state index is 10.9. The van der Waals surface area contributed by atoms with Gasteiger partial charge in [-0.3, -0.25) is 4.79 Å². The summed E-state index contributed by atoms with van der Waals surface area (Å²) < 4.78 is 0. The molecule has 2 nitrogen and oxygen atoms in total. The van der Waals surface area contributed by atoms with Gasteiger partial charge in [0.1, 0.15) is 0 Å². The van der Waals surface area contributed by atoms with E-state index >= 15 is 0 Å². The second kappa shape index (κ2) is 10.2. The van der Waals surface area contributed by atoms with Gasteiger partial charge >= 0.3 is 0 Å². The predicted molar refractivity (Wildman–Crippen MR) is 71.4 cm³/mol. The zero-order chi connectivity index (χ0) is 11.7. The van der Waals surface area contributed by atoms with Gasteiger partial charge in [-0.05, 0) is 11.1 Å². The van der Waals surface area contributed by atoms with Gasteiger partial charge in [0.15, 0.2) is 0 Å². The van der Waals surface area contributed by atoms with E-state index < -0.39 is 0 Å². The van der Waals surface area contributed by atoms with Gasteiger partial charge in [0, 0.05) is 6.54 Å². The second-order valence-corrected chi connectivity index (χ2v) is 2.72. The number of carbonyl (C=O) groups excluding carboxylic acids is 1. The molecule has 1 aliphatic rings. The Bertz CT molecular complexity index is 295. The number of nitrogens with one attached hydrogen (secondary N) is 1. The van der Waals surface area contributed by atoms with Crippen LogP contribution in [0.1, 0.15) is 46.2 Å². The summed E-state index contributed by atoms with van der Waals surface area (Å²) in [5.41, 5.74) is 2.41. The van der Waals surface area contributed by atoms with E-state index in [1.807, 2.05) is 45.9 Å². The Labute approximate surface area is 100 Å². The zero-order valence-electron chi connectivity index (χ0n) is 10.1. The molecule has 0 spiro atoms. The molecule has 1 aliphatic heterocycles. The fourth-order valence-corrected chi connectivity index (χ4v) is 1.33. The molecule has 0 radical (unpaired) electrons. The van der Waals surface area contributed by atoms with Crippen LogP contribution in [0.25, 0.3) is 0 Å². The number of benzene rings is 1. The molecule has 0 fully saturated rings. The number of hydrogen-bond donors (Lipinski definition) is 1. The predicted octanol–water partition coefficient (Wildman–Crippen LogP) is 3.55. The van der Waals surface area contributed by atoms with Gasteiger partial charge in [-0.25, -0.2) is 0 Å². The van der Waals surface area contributed by atoms with Gasteiger partial charge in [-0.2, -0.15) is 0 Å². The molecule has 1 N–H and O–H groups in total. The van der Waals surface area contributed by atoms with Crippen molar-refractivity contribution in [1.82, 2.24) is 5.32 Å². The normalized spacial score (nSPS) is 11.4. The lowest BCUT2D eigenvalue weighted by atomic mass is 10.0. The van der Waals surface area contributed by atoms with Crippen molar-refractivity contribution in [3.8, 4) is 0 Å². The third-order valence-electron chi connectivity index (χ3n) is 1.95.